The van der Waals surface area contributed by atoms with Gasteiger partial charge in [0.15, 0.2) is 0 Å². The number of nitrogens with one attached hydrogen (secondary N) is 2. The summed E-state index contributed by atoms with van der Waals surface area (Å²) in [5, 5.41) is 13.8. The maximum atomic E-state index is 12.8. The number of carboxylic acid groups (broad SMARTS) is 1. The minimum absolute atomic E-state index is 0.145. The lowest BCUT2D eigenvalue weighted by Crippen LogP contribution is -2.24. The molecule has 0 fully saturated rings. The van der Waals surface area contributed by atoms with Gasteiger partial charge in [0.2, 0.25) is 11.8 Å². The Morgan fingerprint density at radius 3 is 2.53 bits per heavy atom. The Morgan fingerprint density at radius 2 is 1.83 bits per heavy atom. The first-order valence-corrected chi connectivity index (χ1v) is 10.3. The number of thioether (sulfide) groups is 1. The van der Waals surface area contributed by atoms with Crippen LogP contribution in [0.1, 0.15) is 20.3 Å². The predicted octanol–water partition coefficient (Wildman–Crippen LogP) is 4.17. The fourth-order valence-corrected chi connectivity index (χ4v) is 3.54. The van der Waals surface area contributed by atoms with Gasteiger partial charge in [-0.15, -0.1) is 11.8 Å². The number of amides is 2. The fraction of sp³-hybridized carbons (Fsp3) is 0.227. The van der Waals surface area contributed by atoms with Crippen molar-refractivity contribution < 1.29 is 24.2 Å². The van der Waals surface area contributed by atoms with Gasteiger partial charge in [0.05, 0.1) is 17.5 Å². The number of hydrogen-bond donors (Lipinski definition) is 3. The van der Waals surface area contributed by atoms with Crippen LogP contribution in [0.5, 0.6) is 5.75 Å². The molecule has 7 nitrogen and oxygen atoms in total. The first-order chi connectivity index (χ1) is 14.4. The summed E-state index contributed by atoms with van der Waals surface area (Å²) in [6.45, 7) is 4.31. The summed E-state index contributed by atoms with van der Waals surface area (Å²) in [5.41, 5.74) is 1.13. The average Bonchev–Trinajstić information content (AvgIpc) is 2.72. The number of carbonyl (C=O) groups excluding carboxylic acids is 2. The highest BCUT2D eigenvalue weighted by Crippen LogP contribution is 2.30. The quantitative estimate of drug-likeness (QED) is 0.387. The van der Waals surface area contributed by atoms with Crippen molar-refractivity contribution >= 4 is 40.9 Å². The van der Waals surface area contributed by atoms with Gasteiger partial charge in [-0.3, -0.25) is 9.59 Å². The van der Waals surface area contributed by atoms with Crippen molar-refractivity contribution in [3.8, 4) is 5.75 Å². The van der Waals surface area contributed by atoms with Gasteiger partial charge in [0.1, 0.15) is 5.75 Å². The van der Waals surface area contributed by atoms with E-state index >= 15 is 0 Å². The van der Waals surface area contributed by atoms with Crippen molar-refractivity contribution in [2.24, 2.45) is 0 Å². The highest BCUT2D eigenvalue weighted by molar-refractivity contribution is 8.00. The van der Waals surface area contributed by atoms with E-state index in [1.54, 1.807) is 30.3 Å². The molecule has 0 radical (unpaired) electrons. The summed E-state index contributed by atoms with van der Waals surface area (Å²) in [5.74, 6) is -1.27. The van der Waals surface area contributed by atoms with E-state index in [-0.39, 0.29) is 11.2 Å². The standard InChI is InChI=1S/C22H24N2O5S/c1-3-19(22(28)24-17-10-5-6-11-18(17)29-4-2)30-16-9-7-8-15(14-16)23-20(25)12-13-21(26)27/h5-14,19H,3-4H2,1-2H3,(H,23,25)(H,24,28)(H,26,27)/b13-12+. The van der Waals surface area contributed by atoms with Gasteiger partial charge in [-0.2, -0.15) is 0 Å². The molecule has 1 atom stereocenters. The second-order valence-corrected chi connectivity index (χ2v) is 7.40. The van der Waals surface area contributed by atoms with Crippen LogP contribution in [0.3, 0.4) is 0 Å². The zero-order valence-corrected chi connectivity index (χ0v) is 17.6. The molecular weight excluding hydrogens is 404 g/mol. The van der Waals surface area contributed by atoms with E-state index in [0.717, 1.165) is 17.0 Å². The molecule has 3 N–H and O–H groups in total. The molecule has 0 spiro atoms. The molecule has 2 amide bonds. The highest BCUT2D eigenvalue weighted by atomic mass is 32.2. The SMILES string of the molecule is CCOc1ccccc1NC(=O)C(CC)Sc1cccc(NC(=O)/C=C/C(=O)O)c1. The molecule has 2 aromatic rings. The summed E-state index contributed by atoms with van der Waals surface area (Å²) < 4.78 is 5.55. The molecular formula is C22H24N2O5S. The molecule has 0 aromatic heterocycles. The van der Waals surface area contributed by atoms with Crippen LogP contribution < -0.4 is 15.4 Å². The summed E-state index contributed by atoms with van der Waals surface area (Å²) >= 11 is 1.38. The topological polar surface area (TPSA) is 105 Å². The van der Waals surface area contributed by atoms with Crippen LogP contribution in [0.2, 0.25) is 0 Å². The van der Waals surface area contributed by atoms with Crippen molar-refractivity contribution in [1.29, 1.82) is 0 Å². The van der Waals surface area contributed by atoms with Gasteiger partial charge in [-0.25, -0.2) is 4.79 Å². The molecule has 30 heavy (non-hydrogen) atoms. The van der Waals surface area contributed by atoms with E-state index in [4.69, 9.17) is 9.84 Å². The second-order valence-electron chi connectivity index (χ2n) is 6.12. The van der Waals surface area contributed by atoms with Gasteiger partial charge in [0.25, 0.3) is 0 Å². The predicted molar refractivity (Wildman–Crippen MR) is 118 cm³/mol. The maximum absolute atomic E-state index is 12.8. The van der Waals surface area contributed by atoms with E-state index in [2.05, 4.69) is 10.6 Å². The van der Waals surface area contributed by atoms with Gasteiger partial charge in [0, 0.05) is 22.7 Å². The lowest BCUT2D eigenvalue weighted by atomic mass is 10.2. The molecule has 2 aromatic carbocycles. The Hall–Kier alpha value is -3.26. The lowest BCUT2D eigenvalue weighted by molar-refractivity contribution is -0.131. The van der Waals surface area contributed by atoms with Crippen molar-refractivity contribution in [1.82, 2.24) is 0 Å². The number of para-hydroxylation sites is 2. The molecule has 0 saturated heterocycles. The number of anilines is 2. The Morgan fingerprint density at radius 1 is 1.07 bits per heavy atom. The van der Waals surface area contributed by atoms with Crippen LogP contribution in [0.25, 0.3) is 0 Å². The van der Waals surface area contributed by atoms with Gasteiger partial charge >= 0.3 is 5.97 Å². The molecule has 8 heteroatoms. The second kappa shape index (κ2) is 11.7. The number of hydrogen-bond acceptors (Lipinski definition) is 5. The van der Waals surface area contributed by atoms with E-state index in [1.807, 2.05) is 32.0 Å². The monoisotopic (exact) mass is 428 g/mol. The molecule has 0 heterocycles. The van der Waals surface area contributed by atoms with E-state index in [1.165, 1.54) is 11.8 Å². The van der Waals surface area contributed by atoms with Crippen molar-refractivity contribution in [3.63, 3.8) is 0 Å². The molecule has 0 aliphatic carbocycles. The molecule has 1 unspecified atom stereocenters. The van der Waals surface area contributed by atoms with Crippen LogP contribution in [0, 0.1) is 0 Å². The highest BCUT2D eigenvalue weighted by Gasteiger charge is 2.19. The van der Waals surface area contributed by atoms with Gasteiger partial charge in [-0.1, -0.05) is 25.1 Å². The van der Waals surface area contributed by atoms with Crippen LogP contribution in [-0.4, -0.2) is 34.7 Å². The summed E-state index contributed by atoms with van der Waals surface area (Å²) in [6, 6.07) is 14.3. The maximum Gasteiger partial charge on any atom is 0.328 e. The Balaban J connectivity index is 2.06. The van der Waals surface area contributed by atoms with E-state index in [0.29, 0.717) is 30.2 Å². The summed E-state index contributed by atoms with van der Waals surface area (Å²) in [6.07, 6.45) is 2.32. The van der Waals surface area contributed by atoms with E-state index in [9.17, 15) is 14.4 Å². The number of aliphatic carboxylic acids is 1. The minimum Gasteiger partial charge on any atom is -0.492 e. The third-order valence-corrected chi connectivity index (χ3v) is 5.22. The first-order valence-electron chi connectivity index (χ1n) is 9.44. The van der Waals surface area contributed by atoms with Crippen molar-refractivity contribution in [3.05, 3.63) is 60.7 Å². The molecule has 2 rings (SSSR count). The smallest absolute Gasteiger partial charge is 0.328 e. The molecule has 0 aliphatic rings. The molecule has 0 saturated carbocycles. The van der Waals surface area contributed by atoms with Crippen LogP contribution in [0.15, 0.2) is 65.6 Å². The fourth-order valence-electron chi connectivity index (χ4n) is 2.53. The number of carbonyl (C=O) groups is 3. The Kier molecular flexibility index (Phi) is 8.96. The average molecular weight is 429 g/mol. The zero-order valence-electron chi connectivity index (χ0n) is 16.8. The first kappa shape index (κ1) is 23.0. The summed E-state index contributed by atoms with van der Waals surface area (Å²) in [7, 11) is 0. The normalized spacial score (nSPS) is 11.7. The van der Waals surface area contributed by atoms with Gasteiger partial charge in [-0.05, 0) is 43.7 Å². The van der Waals surface area contributed by atoms with Crippen molar-refractivity contribution in [2.75, 3.05) is 17.2 Å². The number of rotatable bonds is 10. The third-order valence-electron chi connectivity index (χ3n) is 3.87. The largest absolute Gasteiger partial charge is 0.492 e. The Labute approximate surface area is 179 Å². The van der Waals surface area contributed by atoms with Gasteiger partial charge < -0.3 is 20.5 Å². The lowest BCUT2D eigenvalue weighted by Gasteiger charge is -2.17. The Bertz CT molecular complexity index is 929. The third kappa shape index (κ3) is 7.29. The molecule has 0 aliphatic heterocycles. The minimum atomic E-state index is -1.20. The van der Waals surface area contributed by atoms with Crippen LogP contribution in [-0.2, 0) is 14.4 Å². The molecule has 0 bridgehead atoms. The number of ether oxygens (including phenoxy) is 1. The van der Waals surface area contributed by atoms with Crippen LogP contribution in [0.4, 0.5) is 11.4 Å². The van der Waals surface area contributed by atoms with Crippen molar-refractivity contribution in [2.45, 2.75) is 30.4 Å². The number of carboxylic acids is 1. The zero-order chi connectivity index (χ0) is 21.9. The number of benzene rings is 2. The van der Waals surface area contributed by atoms with E-state index < -0.39 is 11.9 Å². The van der Waals surface area contributed by atoms with Crippen LogP contribution >= 0.6 is 11.8 Å². The molecule has 158 valence electrons. The summed E-state index contributed by atoms with van der Waals surface area (Å²) in [4.78, 5) is 35.9.